The van der Waals surface area contributed by atoms with E-state index in [-0.39, 0.29) is 0 Å². The molecule has 0 aliphatic carbocycles. The van der Waals surface area contributed by atoms with Crippen molar-refractivity contribution in [3.05, 3.63) is 35.9 Å². The fourth-order valence-electron chi connectivity index (χ4n) is 0.981. The highest BCUT2D eigenvalue weighted by molar-refractivity contribution is 6.18. The van der Waals surface area contributed by atoms with Gasteiger partial charge < -0.3 is 10.0 Å². The van der Waals surface area contributed by atoms with Crippen molar-refractivity contribution in [2.24, 2.45) is 0 Å². The molecule has 1 aromatic carbocycles. The lowest BCUT2D eigenvalue weighted by atomic mass is 10.2. The van der Waals surface area contributed by atoms with Crippen LogP contribution in [0.1, 0.15) is 10.4 Å². The molecule has 0 aliphatic heterocycles. The molecule has 17 heavy (non-hydrogen) atoms. The van der Waals surface area contributed by atoms with Gasteiger partial charge in [-0.2, -0.15) is 0 Å². The van der Waals surface area contributed by atoms with Crippen LogP contribution in [0.2, 0.25) is 0 Å². The molecule has 5 heteroatoms. The summed E-state index contributed by atoms with van der Waals surface area (Å²) in [6.45, 7) is 1.85. The average Bonchev–Trinajstić information content (AvgIpc) is 2.32. The lowest BCUT2D eigenvalue weighted by Gasteiger charge is -2.11. The molecule has 0 radical (unpaired) electrons. The molecule has 0 fully saturated rings. The largest absolute Gasteiger partial charge is 0.478 e. The number of hydrogen-bond donors (Lipinski definition) is 1. The van der Waals surface area contributed by atoms with Gasteiger partial charge >= 0.3 is 5.97 Å². The molecule has 96 valence electrons. The van der Waals surface area contributed by atoms with E-state index >= 15 is 0 Å². The Morgan fingerprint density at radius 3 is 1.94 bits per heavy atom. The Balaban J connectivity index is 0.000000304. The van der Waals surface area contributed by atoms with Gasteiger partial charge in [0.25, 0.3) is 0 Å². The summed E-state index contributed by atoms with van der Waals surface area (Å²) in [5, 5.41) is 8.38. The number of halogens is 2. The van der Waals surface area contributed by atoms with Gasteiger partial charge in [0, 0.05) is 24.8 Å². The first kappa shape index (κ1) is 16.2. The Morgan fingerprint density at radius 1 is 1.18 bits per heavy atom. The van der Waals surface area contributed by atoms with Gasteiger partial charge in [-0.15, -0.1) is 23.2 Å². The van der Waals surface area contributed by atoms with Gasteiger partial charge in [-0.25, -0.2) is 4.79 Å². The van der Waals surface area contributed by atoms with Crippen molar-refractivity contribution in [2.45, 2.75) is 0 Å². The first-order chi connectivity index (χ1) is 8.11. The number of carboxylic acids is 1. The van der Waals surface area contributed by atoms with E-state index in [2.05, 4.69) is 4.90 Å². The van der Waals surface area contributed by atoms with Gasteiger partial charge in [0.2, 0.25) is 0 Å². The van der Waals surface area contributed by atoms with E-state index in [0.29, 0.717) is 17.3 Å². The number of hydrogen-bond acceptors (Lipinski definition) is 2. The monoisotopic (exact) mass is 277 g/mol. The summed E-state index contributed by atoms with van der Waals surface area (Å²) in [4.78, 5) is 12.3. The van der Waals surface area contributed by atoms with Gasteiger partial charge in [-0.3, -0.25) is 0 Å². The Labute approximate surface area is 112 Å². The maximum Gasteiger partial charge on any atom is 0.335 e. The van der Waals surface area contributed by atoms with Crippen molar-refractivity contribution in [3.63, 3.8) is 0 Å². The van der Waals surface area contributed by atoms with Crippen LogP contribution in [0.15, 0.2) is 30.3 Å². The fourth-order valence-corrected chi connectivity index (χ4v) is 1.56. The van der Waals surface area contributed by atoms with Crippen molar-refractivity contribution in [2.75, 3.05) is 31.9 Å². The van der Waals surface area contributed by atoms with Crippen molar-refractivity contribution >= 4 is 29.2 Å². The highest BCUT2D eigenvalue weighted by atomic mass is 35.5. The molecule has 1 N–H and O–H groups in total. The summed E-state index contributed by atoms with van der Waals surface area (Å²) in [6, 6.07) is 8.30. The lowest BCUT2D eigenvalue weighted by molar-refractivity contribution is 0.0697. The molecular weight excluding hydrogens is 261 g/mol. The molecular formula is C12H17Cl2NO2. The number of alkyl halides is 2. The Hall–Kier alpha value is -0.770. The quantitative estimate of drug-likeness (QED) is 0.842. The third-order valence-corrected chi connectivity index (χ3v) is 2.29. The molecule has 0 saturated heterocycles. The third-order valence-electron chi connectivity index (χ3n) is 1.95. The summed E-state index contributed by atoms with van der Waals surface area (Å²) in [5.74, 6) is 0.497. The fraction of sp³-hybridized carbons (Fsp3) is 0.417. The summed E-state index contributed by atoms with van der Waals surface area (Å²) in [6.07, 6.45) is 0. The molecule has 3 nitrogen and oxygen atoms in total. The second-order valence-electron chi connectivity index (χ2n) is 3.35. The van der Waals surface area contributed by atoms with Gasteiger partial charge in [-0.1, -0.05) is 18.2 Å². The minimum Gasteiger partial charge on any atom is -0.478 e. The molecule has 1 rings (SSSR count). The SMILES string of the molecule is CN(CCCl)CCCl.O=C(O)c1ccccc1. The van der Waals surface area contributed by atoms with Crippen molar-refractivity contribution in [3.8, 4) is 0 Å². The number of benzene rings is 1. The van der Waals surface area contributed by atoms with Crippen LogP contribution < -0.4 is 0 Å². The van der Waals surface area contributed by atoms with E-state index in [1.807, 2.05) is 7.05 Å². The topological polar surface area (TPSA) is 40.5 Å². The molecule has 1 aromatic rings. The van der Waals surface area contributed by atoms with Crippen LogP contribution >= 0.6 is 23.2 Å². The number of carboxylic acid groups (broad SMARTS) is 1. The second-order valence-corrected chi connectivity index (χ2v) is 4.11. The van der Waals surface area contributed by atoms with Gasteiger partial charge in [0.05, 0.1) is 5.56 Å². The zero-order chi connectivity index (χ0) is 13.1. The zero-order valence-electron chi connectivity index (χ0n) is 9.77. The minimum absolute atomic E-state index is 0.331. The molecule has 0 bridgehead atoms. The predicted molar refractivity (Wildman–Crippen MR) is 72.3 cm³/mol. The summed E-state index contributed by atoms with van der Waals surface area (Å²) in [5.41, 5.74) is 0.331. The van der Waals surface area contributed by atoms with Crippen LogP contribution in [-0.4, -0.2) is 47.9 Å². The molecule has 0 saturated carbocycles. The van der Waals surface area contributed by atoms with E-state index < -0.39 is 5.97 Å². The average molecular weight is 278 g/mol. The van der Waals surface area contributed by atoms with Crippen LogP contribution in [0.5, 0.6) is 0 Å². The van der Waals surface area contributed by atoms with Gasteiger partial charge in [0.15, 0.2) is 0 Å². The standard InChI is InChI=1S/C7H6O2.C5H11Cl2N/c8-7(9)6-4-2-1-3-5-6;1-8(4-2-6)5-3-7/h1-5H,(H,8,9);2-5H2,1H3. The molecule has 0 heterocycles. The van der Waals surface area contributed by atoms with Gasteiger partial charge in [0.1, 0.15) is 0 Å². The molecule has 0 spiro atoms. The first-order valence-electron chi connectivity index (χ1n) is 5.20. The predicted octanol–water partition coefficient (Wildman–Crippen LogP) is 2.78. The maximum atomic E-state index is 10.2. The molecule has 0 atom stereocenters. The zero-order valence-corrected chi connectivity index (χ0v) is 11.3. The number of aromatic carboxylic acids is 1. The van der Waals surface area contributed by atoms with Crippen LogP contribution in [0, 0.1) is 0 Å². The Kier molecular flexibility index (Phi) is 9.92. The smallest absolute Gasteiger partial charge is 0.335 e. The van der Waals surface area contributed by atoms with Crippen molar-refractivity contribution in [1.29, 1.82) is 0 Å². The summed E-state index contributed by atoms with van der Waals surface area (Å²) >= 11 is 10.9. The maximum absolute atomic E-state index is 10.2. The van der Waals surface area contributed by atoms with Crippen LogP contribution in [0.4, 0.5) is 0 Å². The van der Waals surface area contributed by atoms with Crippen LogP contribution in [-0.2, 0) is 0 Å². The Morgan fingerprint density at radius 2 is 1.65 bits per heavy atom. The van der Waals surface area contributed by atoms with E-state index in [1.54, 1.807) is 30.3 Å². The summed E-state index contributed by atoms with van der Waals surface area (Å²) < 4.78 is 0. The highest BCUT2D eigenvalue weighted by Crippen LogP contribution is 1.96. The first-order valence-corrected chi connectivity index (χ1v) is 6.27. The number of carbonyl (C=O) groups is 1. The molecule has 0 amide bonds. The van der Waals surface area contributed by atoms with Gasteiger partial charge in [-0.05, 0) is 19.2 Å². The second kappa shape index (κ2) is 10.4. The Bertz CT molecular complexity index is 301. The molecule has 0 aromatic heterocycles. The van der Waals surface area contributed by atoms with E-state index in [1.165, 1.54) is 0 Å². The lowest BCUT2D eigenvalue weighted by Crippen LogP contribution is -2.22. The number of rotatable bonds is 5. The van der Waals surface area contributed by atoms with Crippen LogP contribution in [0.25, 0.3) is 0 Å². The minimum atomic E-state index is -0.879. The number of nitrogens with zero attached hydrogens (tertiary/aromatic N) is 1. The van der Waals surface area contributed by atoms with E-state index in [4.69, 9.17) is 28.3 Å². The van der Waals surface area contributed by atoms with E-state index in [9.17, 15) is 4.79 Å². The summed E-state index contributed by atoms with van der Waals surface area (Å²) in [7, 11) is 2.00. The molecule has 0 aliphatic rings. The molecule has 0 unspecified atom stereocenters. The van der Waals surface area contributed by atoms with E-state index in [0.717, 1.165) is 13.1 Å². The van der Waals surface area contributed by atoms with Crippen molar-refractivity contribution < 1.29 is 9.90 Å². The highest BCUT2D eigenvalue weighted by Gasteiger charge is 1.96. The third kappa shape index (κ3) is 8.98. The van der Waals surface area contributed by atoms with Crippen LogP contribution in [0.3, 0.4) is 0 Å². The normalized spacial score (nSPS) is 9.65. The van der Waals surface area contributed by atoms with Crippen molar-refractivity contribution in [1.82, 2.24) is 4.90 Å².